The Morgan fingerprint density at radius 1 is 0.953 bits per heavy atom. The summed E-state index contributed by atoms with van der Waals surface area (Å²) in [4.78, 5) is 28.0. The van der Waals surface area contributed by atoms with Crippen molar-refractivity contribution < 1.29 is 38.4 Å². The Kier molecular flexibility index (Phi) is 6.91. The Balaban J connectivity index is 1.26. The summed E-state index contributed by atoms with van der Waals surface area (Å²) in [6.45, 7) is 2.05. The molecule has 7 rings (SSSR count). The Bertz CT molecular complexity index is 1540. The van der Waals surface area contributed by atoms with E-state index in [2.05, 4.69) is 5.32 Å². The van der Waals surface area contributed by atoms with Gasteiger partial charge in [-0.3, -0.25) is 9.59 Å². The van der Waals surface area contributed by atoms with Gasteiger partial charge in [0.2, 0.25) is 18.4 Å². The van der Waals surface area contributed by atoms with E-state index in [4.69, 9.17) is 23.7 Å². The van der Waals surface area contributed by atoms with Crippen LogP contribution in [-0.2, 0) is 20.7 Å². The van der Waals surface area contributed by atoms with Crippen molar-refractivity contribution in [3.63, 3.8) is 0 Å². The van der Waals surface area contributed by atoms with E-state index in [1.165, 1.54) is 14.2 Å². The number of esters is 1. The normalized spacial score (nSPS) is 23.4. The van der Waals surface area contributed by atoms with E-state index in [0.29, 0.717) is 17.9 Å². The zero-order valence-corrected chi connectivity index (χ0v) is 24.1. The molecular weight excluding hydrogens is 552 g/mol. The Hall–Kier alpha value is -4.60. The number of cyclic esters (lactones) is 1. The summed E-state index contributed by atoms with van der Waals surface area (Å²) in [6.07, 6.45) is 2.52. The maximum Gasteiger partial charge on any atom is 0.310 e. The van der Waals surface area contributed by atoms with Crippen LogP contribution in [0.25, 0.3) is 0 Å². The van der Waals surface area contributed by atoms with Gasteiger partial charge in [-0.15, -0.1) is 0 Å². The second-order valence-electron chi connectivity index (χ2n) is 11.5. The topological polar surface area (TPSA) is 116 Å². The molecule has 3 heterocycles. The molecule has 224 valence electrons. The fourth-order valence-electron chi connectivity index (χ4n) is 6.99. The van der Waals surface area contributed by atoms with Crippen molar-refractivity contribution >= 4 is 17.6 Å². The third-order valence-corrected chi connectivity index (χ3v) is 9.14. The van der Waals surface area contributed by atoms with Crippen LogP contribution in [0.3, 0.4) is 0 Å². The molecule has 0 bridgehead atoms. The van der Waals surface area contributed by atoms with Gasteiger partial charge in [0.05, 0.1) is 39.2 Å². The molecule has 1 amide bonds. The largest absolute Gasteiger partial charge is 0.502 e. The van der Waals surface area contributed by atoms with Crippen molar-refractivity contribution in [2.45, 2.75) is 31.2 Å². The SMILES string of the molecule is COc1cc([C@@H]2c3cc4c(cc3[C@@H](Nc3ccc(CC(=O)N5CCCC5)cc3)[C@H]3COC(=O)[C@H]23)OCO4)cc(OC)c1O. The van der Waals surface area contributed by atoms with Crippen LogP contribution in [0, 0.1) is 11.8 Å². The number of aromatic hydroxyl groups is 1. The third-order valence-electron chi connectivity index (χ3n) is 9.14. The number of likely N-dealkylation sites (tertiary alicyclic amines) is 1. The first-order valence-electron chi connectivity index (χ1n) is 14.6. The Morgan fingerprint density at radius 3 is 2.26 bits per heavy atom. The number of nitrogens with zero attached hydrogens (tertiary/aromatic N) is 1. The molecule has 43 heavy (non-hydrogen) atoms. The van der Waals surface area contributed by atoms with Gasteiger partial charge < -0.3 is 39.0 Å². The van der Waals surface area contributed by atoms with Gasteiger partial charge in [-0.05, 0) is 71.5 Å². The van der Waals surface area contributed by atoms with Gasteiger partial charge in [0, 0.05) is 30.6 Å². The zero-order valence-electron chi connectivity index (χ0n) is 24.1. The van der Waals surface area contributed by atoms with Gasteiger partial charge in [0.25, 0.3) is 0 Å². The van der Waals surface area contributed by atoms with Gasteiger partial charge in [-0.2, -0.15) is 0 Å². The molecule has 2 saturated heterocycles. The third kappa shape index (κ3) is 4.74. The lowest BCUT2D eigenvalue weighted by molar-refractivity contribution is -0.141. The molecule has 4 aliphatic rings. The maximum atomic E-state index is 13.4. The fourth-order valence-corrected chi connectivity index (χ4v) is 6.99. The van der Waals surface area contributed by atoms with Crippen LogP contribution in [0.5, 0.6) is 28.7 Å². The summed E-state index contributed by atoms with van der Waals surface area (Å²) in [5.41, 5.74) is 4.45. The second-order valence-corrected chi connectivity index (χ2v) is 11.5. The number of nitrogens with one attached hydrogen (secondary N) is 1. The van der Waals surface area contributed by atoms with Gasteiger partial charge in [0.1, 0.15) is 0 Å². The van der Waals surface area contributed by atoms with Gasteiger partial charge in [-0.1, -0.05) is 12.1 Å². The number of anilines is 1. The molecule has 0 aromatic heterocycles. The monoisotopic (exact) mass is 586 g/mol. The van der Waals surface area contributed by atoms with Crippen molar-refractivity contribution in [3.05, 3.63) is 70.8 Å². The average molecular weight is 587 g/mol. The maximum absolute atomic E-state index is 13.4. The number of rotatable bonds is 7. The molecule has 3 aliphatic heterocycles. The lowest BCUT2D eigenvalue weighted by Gasteiger charge is -2.40. The summed E-state index contributed by atoms with van der Waals surface area (Å²) in [5.74, 6) is 0.401. The Morgan fingerprint density at radius 2 is 1.60 bits per heavy atom. The van der Waals surface area contributed by atoms with Gasteiger partial charge >= 0.3 is 5.97 Å². The van der Waals surface area contributed by atoms with E-state index in [0.717, 1.165) is 53.9 Å². The van der Waals surface area contributed by atoms with E-state index < -0.39 is 11.8 Å². The van der Waals surface area contributed by atoms with Gasteiger partial charge in [-0.25, -0.2) is 0 Å². The number of phenolic OH excluding ortho intramolecular Hbond substituents is 1. The first kappa shape index (κ1) is 27.2. The highest BCUT2D eigenvalue weighted by atomic mass is 16.7. The molecule has 4 atom stereocenters. The van der Waals surface area contributed by atoms with Crippen LogP contribution in [0.15, 0.2) is 48.5 Å². The highest BCUT2D eigenvalue weighted by Gasteiger charge is 2.52. The van der Waals surface area contributed by atoms with E-state index in [9.17, 15) is 14.7 Å². The van der Waals surface area contributed by atoms with E-state index in [-0.39, 0.29) is 54.5 Å². The molecule has 10 nitrogen and oxygen atoms in total. The summed E-state index contributed by atoms with van der Waals surface area (Å²) >= 11 is 0. The lowest BCUT2D eigenvalue weighted by atomic mass is 9.65. The average Bonchev–Trinajstić information content (AvgIpc) is 3.79. The molecule has 0 saturated carbocycles. The van der Waals surface area contributed by atoms with Crippen LogP contribution in [-0.4, -0.2) is 62.6 Å². The fraction of sp³-hybridized carbons (Fsp3) is 0.394. The molecule has 0 unspecified atom stereocenters. The van der Waals surface area contributed by atoms with Crippen LogP contribution >= 0.6 is 0 Å². The molecule has 1 aliphatic carbocycles. The van der Waals surface area contributed by atoms with Gasteiger partial charge in [0.15, 0.2) is 23.0 Å². The smallest absolute Gasteiger partial charge is 0.310 e. The molecule has 2 fully saturated rings. The minimum atomic E-state index is -0.512. The molecule has 0 radical (unpaired) electrons. The number of carbonyl (C=O) groups excluding carboxylic acids is 2. The summed E-state index contributed by atoms with van der Waals surface area (Å²) in [5, 5.41) is 14.3. The number of fused-ring (bicyclic) bond motifs is 3. The van der Waals surface area contributed by atoms with E-state index in [1.54, 1.807) is 12.1 Å². The van der Waals surface area contributed by atoms with Crippen molar-refractivity contribution in [3.8, 4) is 28.7 Å². The highest BCUT2D eigenvalue weighted by Crippen LogP contribution is 2.56. The van der Waals surface area contributed by atoms with Crippen LogP contribution < -0.4 is 24.3 Å². The van der Waals surface area contributed by atoms with Crippen LogP contribution in [0.2, 0.25) is 0 Å². The molecule has 0 spiro atoms. The quantitative estimate of drug-likeness (QED) is 0.389. The predicted molar refractivity (Wildman–Crippen MR) is 156 cm³/mol. The van der Waals surface area contributed by atoms with Crippen LogP contribution in [0.4, 0.5) is 5.69 Å². The molecular formula is C33H34N2O8. The van der Waals surface area contributed by atoms with E-state index >= 15 is 0 Å². The van der Waals surface area contributed by atoms with Crippen molar-refractivity contribution in [2.24, 2.45) is 11.8 Å². The first-order valence-corrected chi connectivity index (χ1v) is 14.6. The lowest BCUT2D eigenvalue weighted by Crippen LogP contribution is -2.37. The number of amides is 1. The van der Waals surface area contributed by atoms with Crippen molar-refractivity contribution in [2.75, 3.05) is 46.0 Å². The summed E-state index contributed by atoms with van der Waals surface area (Å²) in [6, 6.07) is 15.1. The number of methoxy groups -OCH3 is 2. The molecule has 10 heteroatoms. The molecule has 3 aromatic carbocycles. The minimum Gasteiger partial charge on any atom is -0.502 e. The van der Waals surface area contributed by atoms with Crippen LogP contribution in [0.1, 0.15) is 47.1 Å². The summed E-state index contributed by atoms with van der Waals surface area (Å²) < 4.78 is 28.1. The molecule has 3 aromatic rings. The first-order chi connectivity index (χ1) is 20.9. The van der Waals surface area contributed by atoms with Crippen molar-refractivity contribution in [1.29, 1.82) is 0 Å². The minimum absolute atomic E-state index is 0.105. The Labute approximate surface area is 249 Å². The number of hydrogen-bond acceptors (Lipinski definition) is 9. The number of ether oxygens (including phenoxy) is 5. The number of phenols is 1. The number of benzene rings is 3. The highest BCUT2D eigenvalue weighted by molar-refractivity contribution is 5.80. The zero-order chi connectivity index (χ0) is 29.7. The standard InChI is InChI=1S/C33H34N2O8/c1-39-26-12-19(13-27(40-2)32(26)37)29-21-14-24-25(43-17-42-24)15-22(21)31(23-16-41-33(38)30(23)29)34-20-7-5-18(6-8-20)11-28(36)35-9-3-4-10-35/h5-8,12-15,23,29-31,34,37H,3-4,9-11,16-17H2,1-2H3/t23-,29+,30-,31+/m0/s1. The second kappa shape index (κ2) is 10.9. The van der Waals surface area contributed by atoms with Crippen molar-refractivity contribution in [1.82, 2.24) is 4.90 Å². The molecule has 2 N–H and O–H groups in total. The summed E-state index contributed by atoms with van der Waals surface area (Å²) in [7, 11) is 2.96. The number of carbonyl (C=O) groups is 2. The predicted octanol–water partition coefficient (Wildman–Crippen LogP) is 4.39. The van der Waals surface area contributed by atoms with E-state index in [1.807, 2.05) is 41.3 Å². The number of hydrogen-bond donors (Lipinski definition) is 2.